The van der Waals surface area contributed by atoms with Crippen LogP contribution < -0.4 is 0 Å². The predicted octanol–water partition coefficient (Wildman–Crippen LogP) is 10.9. The van der Waals surface area contributed by atoms with E-state index in [1.807, 2.05) is 0 Å². The topological polar surface area (TPSA) is 0 Å². The number of benzene rings is 2. The SMILES string of the molecule is CCCCCCCCC([CH]Cc1ccc(CCC)c(CCC)c1)Cc1ccc(CCC)c(CCC)c1. The van der Waals surface area contributed by atoms with Crippen LogP contribution in [0, 0.1) is 12.3 Å². The summed E-state index contributed by atoms with van der Waals surface area (Å²) in [6.07, 6.45) is 24.5. The Balaban J connectivity index is 2.09. The summed E-state index contributed by atoms with van der Waals surface area (Å²) in [4.78, 5) is 0. The summed E-state index contributed by atoms with van der Waals surface area (Å²) in [6.45, 7) is 11.5. The highest BCUT2D eigenvalue weighted by Crippen LogP contribution is 2.25. The first-order valence-corrected chi connectivity index (χ1v) is 15.7. The average Bonchev–Trinajstić information content (AvgIpc) is 2.88. The Kier molecular flexibility index (Phi) is 15.9. The normalized spacial score (nSPS) is 12.2. The molecule has 0 aliphatic rings. The van der Waals surface area contributed by atoms with Crippen LogP contribution in [0.5, 0.6) is 0 Å². The molecule has 1 radical (unpaired) electrons. The zero-order chi connectivity index (χ0) is 26.0. The van der Waals surface area contributed by atoms with Gasteiger partial charge in [0.1, 0.15) is 0 Å². The third kappa shape index (κ3) is 11.2. The van der Waals surface area contributed by atoms with Crippen molar-refractivity contribution in [2.45, 2.75) is 144 Å². The average molecular weight is 490 g/mol. The second kappa shape index (κ2) is 18.6. The largest absolute Gasteiger partial charge is 0.0654 e. The molecule has 2 aromatic rings. The molecule has 0 nitrogen and oxygen atoms in total. The molecule has 1 atom stereocenters. The first kappa shape index (κ1) is 30.7. The number of unbranched alkanes of at least 4 members (excludes halogenated alkanes) is 5. The van der Waals surface area contributed by atoms with E-state index >= 15 is 0 Å². The molecule has 36 heavy (non-hydrogen) atoms. The molecule has 0 N–H and O–H groups in total. The summed E-state index contributed by atoms with van der Waals surface area (Å²) >= 11 is 0. The highest BCUT2D eigenvalue weighted by atomic mass is 14.2. The molecular formula is C36H57. The maximum Gasteiger partial charge on any atom is -0.0245 e. The molecule has 0 bridgehead atoms. The molecule has 0 aromatic heterocycles. The Labute approximate surface area is 225 Å². The van der Waals surface area contributed by atoms with Crippen LogP contribution in [0.15, 0.2) is 36.4 Å². The fourth-order valence-corrected chi connectivity index (χ4v) is 5.74. The molecule has 0 fully saturated rings. The van der Waals surface area contributed by atoms with Crippen LogP contribution >= 0.6 is 0 Å². The van der Waals surface area contributed by atoms with Crippen molar-refractivity contribution < 1.29 is 0 Å². The molecule has 1 unspecified atom stereocenters. The van der Waals surface area contributed by atoms with Crippen LogP contribution in [-0.2, 0) is 38.5 Å². The van der Waals surface area contributed by atoms with Crippen LogP contribution in [0.1, 0.15) is 139 Å². The van der Waals surface area contributed by atoms with Gasteiger partial charge in [-0.05, 0) is 90.7 Å². The molecule has 2 aromatic carbocycles. The summed E-state index contributed by atoms with van der Waals surface area (Å²) in [5.41, 5.74) is 9.41. The van der Waals surface area contributed by atoms with E-state index in [1.165, 1.54) is 108 Å². The van der Waals surface area contributed by atoms with Gasteiger partial charge in [-0.15, -0.1) is 0 Å². The second-order valence-corrected chi connectivity index (χ2v) is 11.2. The Hall–Kier alpha value is -1.56. The van der Waals surface area contributed by atoms with Crippen LogP contribution in [0.25, 0.3) is 0 Å². The van der Waals surface area contributed by atoms with E-state index in [0.717, 1.165) is 6.42 Å². The molecule has 0 aliphatic heterocycles. The minimum Gasteiger partial charge on any atom is -0.0654 e. The molecule has 0 saturated heterocycles. The van der Waals surface area contributed by atoms with Gasteiger partial charge in [-0.25, -0.2) is 0 Å². The van der Waals surface area contributed by atoms with E-state index in [4.69, 9.17) is 0 Å². The second-order valence-electron chi connectivity index (χ2n) is 11.2. The predicted molar refractivity (Wildman–Crippen MR) is 162 cm³/mol. The summed E-state index contributed by atoms with van der Waals surface area (Å²) in [6, 6.07) is 14.8. The molecule has 0 spiro atoms. The molecule has 0 heteroatoms. The summed E-state index contributed by atoms with van der Waals surface area (Å²) in [5, 5.41) is 0. The standard InChI is InChI=1S/C36H57/c1-6-11-12-13-14-15-20-30(27-32-24-26-34(17-8-3)36(29-32)19-10-5)21-22-31-23-25-33(16-7-2)35(28-31)18-9-4/h21,23-26,28-30H,6-20,22,27H2,1-5H3. The third-order valence-corrected chi connectivity index (χ3v) is 7.73. The van der Waals surface area contributed by atoms with Crippen molar-refractivity contribution in [2.75, 3.05) is 0 Å². The molecular weight excluding hydrogens is 432 g/mol. The van der Waals surface area contributed by atoms with Crippen LogP contribution in [0.4, 0.5) is 0 Å². The molecule has 0 heterocycles. The minimum atomic E-state index is 0.674. The Bertz CT molecular complexity index is 830. The van der Waals surface area contributed by atoms with Crippen LogP contribution in [0.3, 0.4) is 0 Å². The Morgan fingerprint density at radius 1 is 0.528 bits per heavy atom. The molecule has 201 valence electrons. The van der Waals surface area contributed by atoms with Gasteiger partial charge in [0.05, 0.1) is 0 Å². The van der Waals surface area contributed by atoms with E-state index in [0.29, 0.717) is 5.92 Å². The monoisotopic (exact) mass is 489 g/mol. The van der Waals surface area contributed by atoms with E-state index in [1.54, 1.807) is 27.8 Å². The fourth-order valence-electron chi connectivity index (χ4n) is 5.74. The highest BCUT2D eigenvalue weighted by Gasteiger charge is 2.13. The van der Waals surface area contributed by atoms with Gasteiger partial charge < -0.3 is 0 Å². The smallest absolute Gasteiger partial charge is 0.0245 e. The lowest BCUT2D eigenvalue weighted by atomic mass is 9.86. The van der Waals surface area contributed by atoms with E-state index in [9.17, 15) is 0 Å². The minimum absolute atomic E-state index is 0.674. The van der Waals surface area contributed by atoms with Gasteiger partial charge in [-0.3, -0.25) is 0 Å². The lowest BCUT2D eigenvalue weighted by Crippen LogP contribution is -2.09. The van der Waals surface area contributed by atoms with Crippen LogP contribution in [-0.4, -0.2) is 0 Å². The van der Waals surface area contributed by atoms with E-state index in [-0.39, 0.29) is 0 Å². The van der Waals surface area contributed by atoms with Gasteiger partial charge in [0.25, 0.3) is 0 Å². The number of rotatable bonds is 20. The molecule has 0 saturated carbocycles. The lowest BCUT2D eigenvalue weighted by Gasteiger charge is -2.19. The third-order valence-electron chi connectivity index (χ3n) is 7.73. The van der Waals surface area contributed by atoms with Gasteiger partial charge >= 0.3 is 0 Å². The van der Waals surface area contributed by atoms with Gasteiger partial charge in [0.2, 0.25) is 0 Å². The van der Waals surface area contributed by atoms with Crippen molar-refractivity contribution in [3.05, 3.63) is 76.2 Å². The van der Waals surface area contributed by atoms with Gasteiger partial charge in [0, 0.05) is 0 Å². The zero-order valence-corrected chi connectivity index (χ0v) is 24.6. The molecule has 0 aliphatic carbocycles. The number of hydrogen-bond donors (Lipinski definition) is 0. The Morgan fingerprint density at radius 2 is 1.03 bits per heavy atom. The first-order chi connectivity index (χ1) is 17.6. The van der Waals surface area contributed by atoms with E-state index < -0.39 is 0 Å². The first-order valence-electron chi connectivity index (χ1n) is 15.7. The summed E-state index contributed by atoms with van der Waals surface area (Å²) in [5.74, 6) is 0.674. The maximum absolute atomic E-state index is 2.66. The van der Waals surface area contributed by atoms with Gasteiger partial charge in [-0.1, -0.05) is 135 Å². The van der Waals surface area contributed by atoms with Gasteiger partial charge in [-0.2, -0.15) is 0 Å². The molecule has 2 rings (SSSR count). The number of aryl methyl sites for hydroxylation is 4. The molecule has 0 amide bonds. The van der Waals surface area contributed by atoms with Crippen molar-refractivity contribution in [3.8, 4) is 0 Å². The van der Waals surface area contributed by atoms with E-state index in [2.05, 4.69) is 77.4 Å². The maximum atomic E-state index is 2.66. The summed E-state index contributed by atoms with van der Waals surface area (Å²) < 4.78 is 0. The lowest BCUT2D eigenvalue weighted by molar-refractivity contribution is 0.488. The van der Waals surface area contributed by atoms with Crippen molar-refractivity contribution in [1.29, 1.82) is 0 Å². The number of hydrogen-bond acceptors (Lipinski definition) is 0. The van der Waals surface area contributed by atoms with Gasteiger partial charge in [0.15, 0.2) is 0 Å². The van der Waals surface area contributed by atoms with Crippen molar-refractivity contribution in [3.63, 3.8) is 0 Å². The Morgan fingerprint density at radius 3 is 1.61 bits per heavy atom. The van der Waals surface area contributed by atoms with Crippen molar-refractivity contribution in [2.24, 2.45) is 5.92 Å². The fraction of sp³-hybridized carbons (Fsp3) is 0.639. The van der Waals surface area contributed by atoms with Crippen molar-refractivity contribution in [1.82, 2.24) is 0 Å². The summed E-state index contributed by atoms with van der Waals surface area (Å²) in [7, 11) is 0. The quantitative estimate of drug-likeness (QED) is 0.162. The van der Waals surface area contributed by atoms with Crippen molar-refractivity contribution >= 4 is 0 Å². The highest BCUT2D eigenvalue weighted by molar-refractivity contribution is 5.34. The van der Waals surface area contributed by atoms with Crippen LogP contribution in [0.2, 0.25) is 0 Å². The zero-order valence-electron chi connectivity index (χ0n) is 24.6.